The molecule has 6 heteroatoms. The van der Waals surface area contributed by atoms with Crippen LogP contribution in [0.3, 0.4) is 0 Å². The molecule has 2 rings (SSSR count). The third kappa shape index (κ3) is 2.54. The molecule has 0 atom stereocenters. The first kappa shape index (κ1) is 11.4. The summed E-state index contributed by atoms with van der Waals surface area (Å²) < 4.78 is 23.7. The standard InChI is InChI=1S/C10H6BrClFNO2/c11-8-2-1-7(3-9(8)13)16-10-14-6(4-12)5-15-10/h1-3,5H,4H2. The molecule has 0 aliphatic rings. The normalized spacial score (nSPS) is 10.4. The van der Waals surface area contributed by atoms with Crippen LogP contribution in [0.15, 0.2) is 33.4 Å². The van der Waals surface area contributed by atoms with Crippen molar-refractivity contribution < 1.29 is 13.5 Å². The maximum atomic E-state index is 13.2. The van der Waals surface area contributed by atoms with Crippen molar-refractivity contribution in [3.05, 3.63) is 40.4 Å². The Hall–Kier alpha value is -1.07. The van der Waals surface area contributed by atoms with Gasteiger partial charge in [0.05, 0.1) is 16.0 Å². The van der Waals surface area contributed by atoms with Crippen LogP contribution in [0.25, 0.3) is 0 Å². The van der Waals surface area contributed by atoms with E-state index in [-0.39, 0.29) is 12.0 Å². The fourth-order valence-electron chi connectivity index (χ4n) is 1.04. The summed E-state index contributed by atoms with van der Waals surface area (Å²) in [5.41, 5.74) is 0.564. The Balaban J connectivity index is 2.17. The highest BCUT2D eigenvalue weighted by atomic mass is 79.9. The third-order valence-corrected chi connectivity index (χ3v) is 2.68. The molecule has 2 aromatic rings. The molecule has 0 amide bonds. The maximum absolute atomic E-state index is 13.2. The van der Waals surface area contributed by atoms with Gasteiger partial charge in [0.1, 0.15) is 17.8 Å². The van der Waals surface area contributed by atoms with E-state index in [0.717, 1.165) is 0 Å². The molecular weight excluding hydrogens is 300 g/mol. The van der Waals surface area contributed by atoms with Crippen molar-refractivity contribution in [2.24, 2.45) is 0 Å². The fraction of sp³-hybridized carbons (Fsp3) is 0.100. The van der Waals surface area contributed by atoms with Crippen molar-refractivity contribution in [3.63, 3.8) is 0 Å². The number of aromatic nitrogens is 1. The van der Waals surface area contributed by atoms with Gasteiger partial charge in [-0.25, -0.2) is 4.39 Å². The molecule has 0 N–H and O–H groups in total. The lowest BCUT2D eigenvalue weighted by molar-refractivity contribution is 0.329. The molecule has 0 spiro atoms. The Morgan fingerprint density at radius 2 is 2.31 bits per heavy atom. The zero-order valence-electron chi connectivity index (χ0n) is 7.91. The number of hydrogen-bond acceptors (Lipinski definition) is 3. The van der Waals surface area contributed by atoms with Crippen LogP contribution in [0.1, 0.15) is 5.69 Å². The van der Waals surface area contributed by atoms with E-state index in [0.29, 0.717) is 15.9 Å². The highest BCUT2D eigenvalue weighted by Crippen LogP contribution is 2.25. The number of ether oxygens (including phenoxy) is 1. The van der Waals surface area contributed by atoms with Gasteiger partial charge >= 0.3 is 6.08 Å². The van der Waals surface area contributed by atoms with Crippen LogP contribution in [0.2, 0.25) is 0 Å². The van der Waals surface area contributed by atoms with E-state index in [9.17, 15) is 4.39 Å². The molecule has 0 aliphatic carbocycles. The van der Waals surface area contributed by atoms with Gasteiger partial charge in [0.25, 0.3) is 0 Å². The number of nitrogens with zero attached hydrogens (tertiary/aromatic N) is 1. The monoisotopic (exact) mass is 305 g/mol. The largest absolute Gasteiger partial charge is 0.417 e. The second-order valence-corrected chi connectivity index (χ2v) is 4.04. The molecule has 0 bridgehead atoms. The van der Waals surface area contributed by atoms with E-state index in [1.165, 1.54) is 18.4 Å². The Morgan fingerprint density at radius 3 is 2.94 bits per heavy atom. The maximum Gasteiger partial charge on any atom is 0.399 e. The quantitative estimate of drug-likeness (QED) is 0.801. The number of oxazole rings is 1. The lowest BCUT2D eigenvalue weighted by atomic mass is 10.3. The molecule has 16 heavy (non-hydrogen) atoms. The molecular formula is C10H6BrClFNO2. The van der Waals surface area contributed by atoms with Gasteiger partial charge in [0.2, 0.25) is 0 Å². The minimum Gasteiger partial charge on any atom is -0.417 e. The topological polar surface area (TPSA) is 35.3 Å². The lowest BCUT2D eigenvalue weighted by Gasteiger charge is -2.01. The molecule has 0 saturated carbocycles. The first-order valence-corrected chi connectivity index (χ1v) is 5.65. The Bertz CT molecular complexity index is 503. The predicted octanol–water partition coefficient (Wildman–Crippen LogP) is 4.11. The minimum absolute atomic E-state index is 0.0392. The SMILES string of the molecule is Fc1cc(Oc2nc(CCl)co2)ccc1Br. The molecule has 3 nitrogen and oxygen atoms in total. The summed E-state index contributed by atoms with van der Waals surface area (Å²) in [5.74, 6) is 0.131. The van der Waals surface area contributed by atoms with Crippen molar-refractivity contribution >= 4 is 27.5 Å². The van der Waals surface area contributed by atoms with Crippen LogP contribution in [0.4, 0.5) is 4.39 Å². The van der Waals surface area contributed by atoms with Crippen LogP contribution < -0.4 is 4.74 Å². The van der Waals surface area contributed by atoms with Crippen molar-refractivity contribution in [3.8, 4) is 11.8 Å². The van der Waals surface area contributed by atoms with Crippen molar-refractivity contribution in [2.45, 2.75) is 5.88 Å². The molecule has 0 aliphatic heterocycles. The van der Waals surface area contributed by atoms with Crippen LogP contribution in [-0.2, 0) is 5.88 Å². The molecule has 0 fully saturated rings. The molecule has 1 aromatic heterocycles. The summed E-state index contributed by atoms with van der Waals surface area (Å²) in [5, 5.41) is 0. The van der Waals surface area contributed by atoms with E-state index >= 15 is 0 Å². The smallest absolute Gasteiger partial charge is 0.399 e. The first-order valence-electron chi connectivity index (χ1n) is 4.32. The van der Waals surface area contributed by atoms with Gasteiger partial charge in [0, 0.05) is 6.07 Å². The highest BCUT2D eigenvalue weighted by Gasteiger charge is 2.07. The van der Waals surface area contributed by atoms with Crippen molar-refractivity contribution in [2.75, 3.05) is 0 Å². The van der Waals surface area contributed by atoms with Gasteiger partial charge in [-0.15, -0.1) is 11.6 Å². The van der Waals surface area contributed by atoms with E-state index in [1.54, 1.807) is 6.07 Å². The number of alkyl halides is 1. The van der Waals surface area contributed by atoms with Crippen LogP contribution in [0, 0.1) is 5.82 Å². The van der Waals surface area contributed by atoms with Gasteiger partial charge in [-0.3, -0.25) is 0 Å². The summed E-state index contributed by atoms with van der Waals surface area (Å²) in [7, 11) is 0. The average Bonchev–Trinajstić information content (AvgIpc) is 2.71. The van der Waals surface area contributed by atoms with E-state index in [4.69, 9.17) is 20.8 Å². The minimum atomic E-state index is -0.415. The number of hydrogen-bond donors (Lipinski definition) is 0. The summed E-state index contributed by atoms with van der Waals surface area (Å²) >= 11 is 8.59. The zero-order chi connectivity index (χ0) is 11.5. The summed E-state index contributed by atoms with van der Waals surface area (Å²) in [4.78, 5) is 3.92. The Labute approximate surface area is 104 Å². The predicted molar refractivity (Wildman–Crippen MR) is 60.2 cm³/mol. The van der Waals surface area contributed by atoms with Crippen molar-refractivity contribution in [1.29, 1.82) is 0 Å². The van der Waals surface area contributed by atoms with E-state index in [2.05, 4.69) is 20.9 Å². The van der Waals surface area contributed by atoms with Gasteiger partial charge in [0.15, 0.2) is 0 Å². The number of benzene rings is 1. The number of halogens is 3. The molecule has 1 heterocycles. The van der Waals surface area contributed by atoms with Gasteiger partial charge in [-0.05, 0) is 28.1 Å². The zero-order valence-corrected chi connectivity index (χ0v) is 10.3. The molecule has 0 radical (unpaired) electrons. The van der Waals surface area contributed by atoms with Gasteiger partial charge in [-0.1, -0.05) is 0 Å². The van der Waals surface area contributed by atoms with Crippen LogP contribution >= 0.6 is 27.5 Å². The van der Waals surface area contributed by atoms with Crippen LogP contribution in [0.5, 0.6) is 11.8 Å². The Morgan fingerprint density at radius 1 is 1.50 bits per heavy atom. The second kappa shape index (κ2) is 4.84. The molecule has 0 unspecified atom stereocenters. The molecule has 1 aromatic carbocycles. The second-order valence-electron chi connectivity index (χ2n) is 2.92. The summed E-state index contributed by atoms with van der Waals surface area (Å²) in [6.07, 6.45) is 1.43. The number of rotatable bonds is 3. The van der Waals surface area contributed by atoms with Crippen molar-refractivity contribution in [1.82, 2.24) is 4.98 Å². The highest BCUT2D eigenvalue weighted by molar-refractivity contribution is 9.10. The average molecular weight is 307 g/mol. The lowest BCUT2D eigenvalue weighted by Crippen LogP contribution is -1.86. The van der Waals surface area contributed by atoms with E-state index < -0.39 is 5.82 Å². The van der Waals surface area contributed by atoms with Gasteiger partial charge < -0.3 is 9.15 Å². The van der Waals surface area contributed by atoms with Crippen LogP contribution in [-0.4, -0.2) is 4.98 Å². The molecule has 0 saturated heterocycles. The fourth-order valence-corrected chi connectivity index (χ4v) is 1.41. The van der Waals surface area contributed by atoms with E-state index in [1.807, 2.05) is 0 Å². The summed E-state index contributed by atoms with van der Waals surface area (Å²) in [6.45, 7) is 0. The summed E-state index contributed by atoms with van der Waals surface area (Å²) in [6, 6.07) is 4.36. The van der Waals surface area contributed by atoms with Gasteiger partial charge in [-0.2, -0.15) is 4.98 Å². The molecule has 84 valence electrons. The third-order valence-electron chi connectivity index (χ3n) is 1.76. The Kier molecular flexibility index (Phi) is 3.46. The first-order chi connectivity index (χ1) is 7.69.